The molecule has 5 nitrogen and oxygen atoms in total. The van der Waals surface area contributed by atoms with Crippen LogP contribution in [0.3, 0.4) is 0 Å². The number of nitrogens with zero attached hydrogens (tertiary/aromatic N) is 3. The van der Waals surface area contributed by atoms with Gasteiger partial charge in [0.2, 0.25) is 0 Å². The third kappa shape index (κ3) is 4.19. The molecular weight excluding hydrogens is 290 g/mol. The largest absolute Gasteiger partial charge is 0.484 e. The van der Waals surface area contributed by atoms with E-state index in [1.807, 2.05) is 4.68 Å². The van der Waals surface area contributed by atoms with E-state index in [-0.39, 0.29) is 0 Å². The Morgan fingerprint density at radius 2 is 2.10 bits per heavy atom. The lowest BCUT2D eigenvalue weighted by Crippen LogP contribution is -2.12. The van der Waals surface area contributed by atoms with Crippen LogP contribution in [0.15, 0.2) is 24.5 Å². The maximum atomic E-state index is 9.52. The van der Waals surface area contributed by atoms with Crippen LogP contribution >= 0.6 is 11.6 Å². The Labute approximate surface area is 129 Å². The van der Waals surface area contributed by atoms with Crippen LogP contribution in [0.4, 0.5) is 0 Å². The number of halogens is 1. The van der Waals surface area contributed by atoms with Gasteiger partial charge in [0.15, 0.2) is 5.82 Å². The van der Waals surface area contributed by atoms with Gasteiger partial charge in [-0.25, -0.2) is 9.67 Å². The van der Waals surface area contributed by atoms with Crippen LogP contribution in [-0.4, -0.2) is 19.9 Å². The number of hydrogen-bond acceptors (Lipinski definition) is 4. The van der Waals surface area contributed by atoms with Gasteiger partial charge in [0, 0.05) is 6.54 Å². The first-order chi connectivity index (χ1) is 9.97. The van der Waals surface area contributed by atoms with E-state index in [9.17, 15) is 5.11 Å². The second-order valence-electron chi connectivity index (χ2n) is 5.41. The molecule has 1 aromatic carbocycles. The molecule has 0 spiro atoms. The van der Waals surface area contributed by atoms with Crippen molar-refractivity contribution in [3.05, 3.63) is 40.9 Å². The molecule has 6 heteroatoms. The highest BCUT2D eigenvalue weighted by Gasteiger charge is 2.10. The molecule has 2 rings (SSSR count). The minimum Gasteiger partial charge on any atom is -0.484 e. The van der Waals surface area contributed by atoms with Crippen molar-refractivity contribution in [1.29, 1.82) is 0 Å². The third-order valence-electron chi connectivity index (χ3n) is 3.03. The molecule has 1 aromatic heterocycles. The number of aliphatic hydroxyl groups excluding tert-OH is 1. The topological polar surface area (TPSA) is 60.2 Å². The molecule has 0 saturated heterocycles. The van der Waals surface area contributed by atoms with E-state index >= 15 is 0 Å². The Hall–Kier alpha value is -1.59. The average molecular weight is 310 g/mol. The van der Waals surface area contributed by atoms with Gasteiger partial charge in [-0.1, -0.05) is 31.5 Å². The number of aliphatic hydroxyl groups is 1. The van der Waals surface area contributed by atoms with Crippen molar-refractivity contribution >= 4 is 11.6 Å². The fourth-order valence-electron chi connectivity index (χ4n) is 1.93. The van der Waals surface area contributed by atoms with Crippen molar-refractivity contribution in [2.45, 2.75) is 40.0 Å². The molecule has 1 atom stereocenters. The lowest BCUT2D eigenvalue weighted by Gasteiger charge is -2.12. The van der Waals surface area contributed by atoms with Gasteiger partial charge in [-0.15, -0.1) is 0 Å². The summed E-state index contributed by atoms with van der Waals surface area (Å²) in [6.45, 7) is 7.05. The molecule has 2 aromatic rings. The molecule has 1 N–H and O–H groups in total. The highest BCUT2D eigenvalue weighted by Crippen LogP contribution is 2.28. The van der Waals surface area contributed by atoms with E-state index in [2.05, 4.69) is 23.9 Å². The molecule has 0 fully saturated rings. The Morgan fingerprint density at radius 1 is 1.33 bits per heavy atom. The first-order valence-corrected chi connectivity index (χ1v) is 7.32. The zero-order valence-corrected chi connectivity index (χ0v) is 13.2. The van der Waals surface area contributed by atoms with E-state index in [1.165, 1.54) is 6.33 Å². The summed E-state index contributed by atoms with van der Waals surface area (Å²) in [5, 5.41) is 14.2. The summed E-state index contributed by atoms with van der Waals surface area (Å²) >= 11 is 6.16. The molecule has 0 aliphatic rings. The Bertz CT molecular complexity index is 596. The van der Waals surface area contributed by atoms with Crippen LogP contribution in [0.1, 0.15) is 38.3 Å². The van der Waals surface area contributed by atoms with Crippen LogP contribution in [0.2, 0.25) is 5.02 Å². The van der Waals surface area contributed by atoms with Crippen LogP contribution < -0.4 is 4.74 Å². The monoisotopic (exact) mass is 309 g/mol. The highest BCUT2D eigenvalue weighted by atomic mass is 35.5. The van der Waals surface area contributed by atoms with Crippen molar-refractivity contribution in [2.24, 2.45) is 5.92 Å². The Kier molecular flexibility index (Phi) is 5.20. The number of hydrogen-bond donors (Lipinski definition) is 1. The standard InChI is InChI=1S/C15H20ClN3O2/c1-10(2)7-19-15(17-9-18-19)8-21-14-5-4-12(11(3)20)6-13(14)16/h4-6,9-11,20H,7-8H2,1-3H3/t11-/m0/s1. The minimum atomic E-state index is -0.550. The SMILES string of the molecule is CC(C)Cn1ncnc1COc1ccc([C@H](C)O)cc1Cl. The van der Waals surface area contributed by atoms with Crippen molar-refractivity contribution < 1.29 is 9.84 Å². The van der Waals surface area contributed by atoms with Gasteiger partial charge in [0.1, 0.15) is 18.7 Å². The van der Waals surface area contributed by atoms with Crippen LogP contribution in [-0.2, 0) is 13.2 Å². The molecule has 0 amide bonds. The summed E-state index contributed by atoms with van der Waals surface area (Å²) in [7, 11) is 0. The number of ether oxygens (including phenoxy) is 1. The maximum absolute atomic E-state index is 9.52. The lowest BCUT2D eigenvalue weighted by molar-refractivity contribution is 0.199. The average Bonchev–Trinajstić information content (AvgIpc) is 2.83. The second kappa shape index (κ2) is 6.91. The molecule has 0 unspecified atom stereocenters. The van der Waals surface area contributed by atoms with Gasteiger partial charge in [-0.3, -0.25) is 0 Å². The van der Waals surface area contributed by atoms with Crippen molar-refractivity contribution in [3.63, 3.8) is 0 Å². The van der Waals surface area contributed by atoms with Gasteiger partial charge in [0.05, 0.1) is 11.1 Å². The molecule has 0 saturated carbocycles. The first-order valence-electron chi connectivity index (χ1n) is 6.94. The molecule has 0 aliphatic carbocycles. The fourth-order valence-corrected chi connectivity index (χ4v) is 2.18. The summed E-state index contributed by atoms with van der Waals surface area (Å²) in [5.74, 6) is 1.82. The Morgan fingerprint density at radius 3 is 2.71 bits per heavy atom. The number of benzene rings is 1. The van der Waals surface area contributed by atoms with E-state index in [4.69, 9.17) is 16.3 Å². The van der Waals surface area contributed by atoms with Gasteiger partial charge in [-0.2, -0.15) is 5.10 Å². The lowest BCUT2D eigenvalue weighted by atomic mass is 10.1. The molecule has 21 heavy (non-hydrogen) atoms. The summed E-state index contributed by atoms with van der Waals surface area (Å²) < 4.78 is 7.54. The van der Waals surface area contributed by atoms with E-state index in [1.54, 1.807) is 25.1 Å². The minimum absolute atomic E-state index is 0.306. The van der Waals surface area contributed by atoms with E-state index in [0.717, 1.165) is 17.9 Å². The predicted molar refractivity (Wildman–Crippen MR) is 81.3 cm³/mol. The quantitative estimate of drug-likeness (QED) is 0.890. The zero-order chi connectivity index (χ0) is 15.4. The van der Waals surface area contributed by atoms with Crippen molar-refractivity contribution in [2.75, 3.05) is 0 Å². The summed E-state index contributed by atoms with van der Waals surface area (Å²) in [4.78, 5) is 4.20. The molecule has 0 radical (unpaired) electrons. The van der Waals surface area contributed by atoms with Gasteiger partial charge >= 0.3 is 0 Å². The first kappa shape index (κ1) is 15.8. The van der Waals surface area contributed by atoms with Gasteiger partial charge in [-0.05, 0) is 30.5 Å². The van der Waals surface area contributed by atoms with Gasteiger partial charge < -0.3 is 9.84 Å². The smallest absolute Gasteiger partial charge is 0.164 e. The van der Waals surface area contributed by atoms with Crippen molar-refractivity contribution in [1.82, 2.24) is 14.8 Å². The fraction of sp³-hybridized carbons (Fsp3) is 0.467. The van der Waals surface area contributed by atoms with Crippen LogP contribution in [0.25, 0.3) is 0 Å². The number of rotatable bonds is 6. The molecule has 0 aliphatic heterocycles. The number of aromatic nitrogens is 3. The third-order valence-corrected chi connectivity index (χ3v) is 3.32. The summed E-state index contributed by atoms with van der Waals surface area (Å²) in [6.07, 6.45) is 0.977. The molecular formula is C15H20ClN3O2. The molecule has 1 heterocycles. The van der Waals surface area contributed by atoms with Crippen LogP contribution in [0.5, 0.6) is 5.75 Å². The Balaban J connectivity index is 2.05. The zero-order valence-electron chi connectivity index (χ0n) is 12.5. The molecule has 0 bridgehead atoms. The highest BCUT2D eigenvalue weighted by molar-refractivity contribution is 6.32. The van der Waals surface area contributed by atoms with E-state index < -0.39 is 6.10 Å². The summed E-state index contributed by atoms with van der Waals surface area (Å²) in [6, 6.07) is 5.26. The van der Waals surface area contributed by atoms with Crippen molar-refractivity contribution in [3.8, 4) is 5.75 Å². The summed E-state index contributed by atoms with van der Waals surface area (Å²) in [5.41, 5.74) is 0.760. The molecule has 114 valence electrons. The van der Waals surface area contributed by atoms with Crippen LogP contribution in [0, 0.1) is 5.92 Å². The normalized spacial score (nSPS) is 12.7. The van der Waals surface area contributed by atoms with Gasteiger partial charge in [0.25, 0.3) is 0 Å². The maximum Gasteiger partial charge on any atom is 0.164 e. The predicted octanol–water partition coefficient (Wildman–Crippen LogP) is 3.22. The van der Waals surface area contributed by atoms with E-state index in [0.29, 0.717) is 23.3 Å². The second-order valence-corrected chi connectivity index (χ2v) is 5.81.